The molecule has 0 fully saturated rings. The molecule has 0 saturated carbocycles. The van der Waals surface area contributed by atoms with Crippen LogP contribution in [0.4, 0.5) is 4.79 Å². The van der Waals surface area contributed by atoms with Crippen LogP contribution in [-0.2, 0) is 35.2 Å². The maximum absolute atomic E-state index is 12.8. The van der Waals surface area contributed by atoms with Crippen molar-refractivity contribution >= 4 is 22.2 Å². The minimum absolute atomic E-state index is 0.0147. The zero-order chi connectivity index (χ0) is 22.8. The van der Waals surface area contributed by atoms with Crippen LogP contribution in [0.5, 0.6) is 0 Å². The predicted octanol–water partition coefficient (Wildman–Crippen LogP) is 3.18. The standard InChI is InChI=1S/C21H31NO7S/c1-6-11-17(15-28-30(5,25)26)18(19(23)29-21(3,4)7-2)22-20(24)27-14-16-12-9-8-10-13-16/h6,8-10,12-13,17-18H,1,7,11,14-15H2,2-5H3,(H,22,24)/t17-,18+/m1/s1. The van der Waals surface area contributed by atoms with Crippen molar-refractivity contribution in [2.45, 2.75) is 51.9 Å². The van der Waals surface area contributed by atoms with Gasteiger partial charge in [0.05, 0.1) is 12.9 Å². The van der Waals surface area contributed by atoms with Gasteiger partial charge >= 0.3 is 12.1 Å². The van der Waals surface area contributed by atoms with Gasteiger partial charge < -0.3 is 14.8 Å². The molecule has 1 aromatic rings. The molecule has 0 unspecified atom stereocenters. The fourth-order valence-corrected chi connectivity index (χ4v) is 2.82. The Labute approximate surface area is 178 Å². The van der Waals surface area contributed by atoms with Crippen LogP contribution >= 0.6 is 0 Å². The Morgan fingerprint density at radius 2 is 1.87 bits per heavy atom. The van der Waals surface area contributed by atoms with Crippen molar-refractivity contribution in [1.82, 2.24) is 5.32 Å². The monoisotopic (exact) mass is 441 g/mol. The minimum atomic E-state index is -3.74. The smallest absolute Gasteiger partial charge is 0.408 e. The summed E-state index contributed by atoms with van der Waals surface area (Å²) in [5.41, 5.74) is 0.0171. The van der Waals surface area contributed by atoms with Crippen LogP contribution in [-0.4, -0.2) is 45.0 Å². The summed E-state index contributed by atoms with van der Waals surface area (Å²) in [7, 11) is -3.74. The van der Waals surface area contributed by atoms with Crippen molar-refractivity contribution < 1.29 is 31.7 Å². The Balaban J connectivity index is 2.96. The van der Waals surface area contributed by atoms with E-state index in [4.69, 9.17) is 13.7 Å². The minimum Gasteiger partial charge on any atom is -0.458 e. The third-order valence-electron chi connectivity index (χ3n) is 4.41. The number of nitrogens with one attached hydrogen (secondary N) is 1. The summed E-state index contributed by atoms with van der Waals surface area (Å²) >= 11 is 0. The number of amides is 1. The van der Waals surface area contributed by atoms with Crippen molar-refractivity contribution in [1.29, 1.82) is 0 Å². The van der Waals surface area contributed by atoms with E-state index in [0.29, 0.717) is 6.42 Å². The molecule has 8 nitrogen and oxygen atoms in total. The molecule has 0 bridgehead atoms. The van der Waals surface area contributed by atoms with E-state index in [1.807, 2.05) is 25.1 Å². The number of allylic oxidation sites excluding steroid dienone is 1. The average Bonchev–Trinajstić information content (AvgIpc) is 2.67. The molecule has 0 aliphatic rings. The number of alkyl carbamates (subject to hydrolysis) is 1. The fourth-order valence-electron chi connectivity index (χ4n) is 2.39. The summed E-state index contributed by atoms with van der Waals surface area (Å²) in [6.07, 6.45) is 2.35. The van der Waals surface area contributed by atoms with E-state index >= 15 is 0 Å². The van der Waals surface area contributed by atoms with Crippen molar-refractivity contribution in [3.8, 4) is 0 Å². The van der Waals surface area contributed by atoms with Crippen LogP contribution in [0.1, 0.15) is 39.2 Å². The number of ether oxygens (including phenoxy) is 2. The number of benzene rings is 1. The van der Waals surface area contributed by atoms with E-state index in [9.17, 15) is 18.0 Å². The first-order valence-electron chi connectivity index (χ1n) is 9.62. The molecule has 30 heavy (non-hydrogen) atoms. The van der Waals surface area contributed by atoms with Gasteiger partial charge in [-0.15, -0.1) is 6.58 Å². The van der Waals surface area contributed by atoms with E-state index < -0.39 is 39.7 Å². The van der Waals surface area contributed by atoms with E-state index in [1.54, 1.807) is 26.0 Å². The third kappa shape index (κ3) is 9.89. The Hall–Kier alpha value is -2.39. The number of carbonyl (C=O) groups excluding carboxylic acids is 2. The second-order valence-electron chi connectivity index (χ2n) is 7.49. The molecule has 0 spiro atoms. The third-order valence-corrected chi connectivity index (χ3v) is 4.97. The number of hydrogen-bond acceptors (Lipinski definition) is 7. The first-order valence-corrected chi connectivity index (χ1v) is 11.4. The first kappa shape index (κ1) is 25.6. The van der Waals surface area contributed by atoms with E-state index in [-0.39, 0.29) is 19.6 Å². The van der Waals surface area contributed by atoms with E-state index in [0.717, 1.165) is 11.8 Å². The van der Waals surface area contributed by atoms with Crippen molar-refractivity contribution in [2.75, 3.05) is 12.9 Å². The van der Waals surface area contributed by atoms with Gasteiger partial charge in [0.15, 0.2) is 0 Å². The van der Waals surface area contributed by atoms with Gasteiger partial charge in [-0.1, -0.05) is 43.3 Å². The summed E-state index contributed by atoms with van der Waals surface area (Å²) in [4.78, 5) is 25.2. The molecule has 1 aromatic carbocycles. The zero-order valence-corrected chi connectivity index (χ0v) is 18.7. The number of esters is 1. The molecular formula is C21H31NO7S. The Kier molecular flexibility index (Phi) is 10.0. The van der Waals surface area contributed by atoms with Gasteiger partial charge in [0.2, 0.25) is 0 Å². The van der Waals surface area contributed by atoms with Gasteiger partial charge in [-0.25, -0.2) is 9.59 Å². The summed E-state index contributed by atoms with van der Waals surface area (Å²) in [6, 6.07) is 7.87. The molecule has 0 saturated heterocycles. The molecule has 168 valence electrons. The SMILES string of the molecule is C=CC[C@H](COS(C)(=O)=O)[C@H](NC(=O)OCc1ccccc1)C(=O)OC(C)(C)CC. The maximum atomic E-state index is 12.8. The largest absolute Gasteiger partial charge is 0.458 e. The molecule has 2 atom stereocenters. The molecular weight excluding hydrogens is 410 g/mol. The highest BCUT2D eigenvalue weighted by Crippen LogP contribution is 2.20. The van der Waals surface area contributed by atoms with Crippen LogP contribution in [0, 0.1) is 5.92 Å². The highest BCUT2D eigenvalue weighted by molar-refractivity contribution is 7.85. The lowest BCUT2D eigenvalue weighted by atomic mass is 9.96. The number of hydrogen-bond donors (Lipinski definition) is 1. The van der Waals surface area contributed by atoms with Gasteiger partial charge in [-0.2, -0.15) is 8.42 Å². The van der Waals surface area contributed by atoms with Gasteiger partial charge in [-0.05, 0) is 32.3 Å². The topological polar surface area (TPSA) is 108 Å². The molecule has 1 amide bonds. The molecule has 1 N–H and O–H groups in total. The first-order chi connectivity index (χ1) is 14.0. The van der Waals surface area contributed by atoms with Crippen LogP contribution in [0.3, 0.4) is 0 Å². The summed E-state index contributed by atoms with van der Waals surface area (Å²) in [5.74, 6) is -1.43. The Morgan fingerprint density at radius 3 is 2.40 bits per heavy atom. The fraction of sp³-hybridized carbons (Fsp3) is 0.524. The van der Waals surface area contributed by atoms with Crippen LogP contribution < -0.4 is 5.32 Å². The maximum Gasteiger partial charge on any atom is 0.408 e. The van der Waals surface area contributed by atoms with Gasteiger partial charge in [0, 0.05) is 5.92 Å². The van der Waals surface area contributed by atoms with E-state index in [2.05, 4.69) is 11.9 Å². The van der Waals surface area contributed by atoms with Gasteiger partial charge in [-0.3, -0.25) is 4.18 Å². The summed E-state index contributed by atoms with van der Waals surface area (Å²) in [6.45, 7) is 8.66. The summed E-state index contributed by atoms with van der Waals surface area (Å²) < 4.78 is 38.4. The number of carbonyl (C=O) groups is 2. The highest BCUT2D eigenvalue weighted by Gasteiger charge is 2.35. The normalized spacial score (nSPS) is 13.7. The molecule has 0 aliphatic heterocycles. The van der Waals surface area contributed by atoms with Gasteiger partial charge in [0.1, 0.15) is 18.2 Å². The molecule has 0 aromatic heterocycles. The number of rotatable bonds is 12. The summed E-state index contributed by atoms with van der Waals surface area (Å²) in [5, 5.41) is 2.50. The lowest BCUT2D eigenvalue weighted by Crippen LogP contribution is -2.50. The van der Waals surface area contributed by atoms with Crippen molar-refractivity contribution in [2.24, 2.45) is 5.92 Å². The molecule has 0 radical (unpaired) electrons. The zero-order valence-electron chi connectivity index (χ0n) is 17.9. The quantitative estimate of drug-likeness (QED) is 0.301. The van der Waals surface area contributed by atoms with Crippen LogP contribution in [0.25, 0.3) is 0 Å². The molecule has 0 heterocycles. The van der Waals surface area contributed by atoms with Gasteiger partial charge in [0.25, 0.3) is 10.1 Å². The lowest BCUT2D eigenvalue weighted by Gasteiger charge is -2.30. The second-order valence-corrected chi connectivity index (χ2v) is 9.14. The van der Waals surface area contributed by atoms with Crippen LogP contribution in [0.15, 0.2) is 43.0 Å². The Morgan fingerprint density at radius 1 is 1.23 bits per heavy atom. The predicted molar refractivity (Wildman–Crippen MR) is 113 cm³/mol. The molecule has 0 aliphatic carbocycles. The second kappa shape index (κ2) is 11.7. The van der Waals surface area contributed by atoms with Crippen molar-refractivity contribution in [3.05, 3.63) is 48.6 Å². The van der Waals surface area contributed by atoms with Crippen LogP contribution in [0.2, 0.25) is 0 Å². The Bertz CT molecular complexity index is 806. The molecule has 9 heteroatoms. The average molecular weight is 442 g/mol. The highest BCUT2D eigenvalue weighted by atomic mass is 32.2. The van der Waals surface area contributed by atoms with E-state index in [1.165, 1.54) is 6.08 Å². The lowest BCUT2D eigenvalue weighted by molar-refractivity contribution is -0.161. The molecule has 1 rings (SSSR count). The van der Waals surface area contributed by atoms with Crippen molar-refractivity contribution in [3.63, 3.8) is 0 Å².